The minimum Gasteiger partial charge on any atom is -0.463 e. The molecule has 0 aliphatic heterocycles. The van der Waals surface area contributed by atoms with E-state index in [1.54, 1.807) is 6.33 Å². The number of aryl methyl sites for hydroxylation is 2. The summed E-state index contributed by atoms with van der Waals surface area (Å²) in [5.41, 5.74) is 3.91. The number of rotatable bonds is 8. The number of benzene rings is 2. The molecule has 0 bridgehead atoms. The number of carbonyl (C=O) groups excluding carboxylic acids is 2. The Morgan fingerprint density at radius 3 is 2.55 bits per heavy atom. The third kappa shape index (κ3) is 5.67. The van der Waals surface area contributed by atoms with Gasteiger partial charge < -0.3 is 14.6 Å². The highest BCUT2D eigenvalue weighted by molar-refractivity contribution is 5.79. The van der Waals surface area contributed by atoms with E-state index in [4.69, 9.17) is 4.74 Å². The first kappa shape index (κ1) is 20.6. The summed E-state index contributed by atoms with van der Waals surface area (Å²) in [6.45, 7) is 6.14. The summed E-state index contributed by atoms with van der Waals surface area (Å²) in [6, 6.07) is 15.2. The van der Waals surface area contributed by atoms with Crippen LogP contribution in [-0.4, -0.2) is 27.5 Å². The zero-order valence-electron chi connectivity index (χ0n) is 17.1. The van der Waals surface area contributed by atoms with Gasteiger partial charge in [0.15, 0.2) is 0 Å². The molecule has 0 saturated heterocycles. The Hall–Kier alpha value is -3.15. The fourth-order valence-electron chi connectivity index (χ4n) is 3.21. The zero-order chi connectivity index (χ0) is 20.8. The highest BCUT2D eigenvalue weighted by atomic mass is 16.5. The van der Waals surface area contributed by atoms with Crippen molar-refractivity contribution in [1.29, 1.82) is 0 Å². The van der Waals surface area contributed by atoms with E-state index in [0.29, 0.717) is 13.0 Å². The maximum absolute atomic E-state index is 12.6. The molecule has 29 heavy (non-hydrogen) atoms. The van der Waals surface area contributed by atoms with Crippen molar-refractivity contribution in [2.45, 2.75) is 52.3 Å². The van der Waals surface area contributed by atoms with Gasteiger partial charge in [-0.15, -0.1) is 0 Å². The molecule has 1 heterocycles. The van der Waals surface area contributed by atoms with Gasteiger partial charge in [0.05, 0.1) is 35.9 Å². The van der Waals surface area contributed by atoms with Crippen LogP contribution < -0.4 is 5.32 Å². The molecule has 2 aromatic carbocycles. The topological polar surface area (TPSA) is 73.2 Å². The predicted octanol–water partition coefficient (Wildman–Crippen LogP) is 3.93. The van der Waals surface area contributed by atoms with Gasteiger partial charge in [-0.25, -0.2) is 4.98 Å². The van der Waals surface area contributed by atoms with Crippen LogP contribution in [0.5, 0.6) is 0 Å². The molecule has 1 unspecified atom stereocenters. The smallest absolute Gasteiger partial charge is 0.308 e. The number of nitrogens with zero attached hydrogens (tertiary/aromatic N) is 2. The molecule has 3 rings (SSSR count). The summed E-state index contributed by atoms with van der Waals surface area (Å²) in [7, 11) is 0. The summed E-state index contributed by atoms with van der Waals surface area (Å²) in [5.74, 6) is -0.447. The number of nitrogens with one attached hydrogen (secondary N) is 1. The number of carbonyl (C=O) groups is 2. The number of ether oxygens (including phenoxy) is 1. The Morgan fingerprint density at radius 1 is 1.10 bits per heavy atom. The highest BCUT2D eigenvalue weighted by Crippen LogP contribution is 2.19. The number of imidazole rings is 1. The molecule has 6 nitrogen and oxygen atoms in total. The van der Waals surface area contributed by atoms with Crippen molar-refractivity contribution in [3.8, 4) is 0 Å². The second-order valence-corrected chi connectivity index (χ2v) is 7.45. The minimum atomic E-state index is -0.422. The van der Waals surface area contributed by atoms with E-state index < -0.39 is 6.04 Å². The molecule has 0 aliphatic rings. The molecule has 152 valence electrons. The van der Waals surface area contributed by atoms with Gasteiger partial charge in [0, 0.05) is 13.0 Å². The van der Waals surface area contributed by atoms with E-state index in [-0.39, 0.29) is 24.4 Å². The van der Waals surface area contributed by atoms with Gasteiger partial charge in [-0.3, -0.25) is 9.59 Å². The van der Waals surface area contributed by atoms with Crippen LogP contribution in [0.3, 0.4) is 0 Å². The molecule has 0 fully saturated rings. The average Bonchev–Trinajstić information content (AvgIpc) is 3.09. The van der Waals surface area contributed by atoms with Crippen LogP contribution in [0.15, 0.2) is 54.9 Å². The number of amides is 1. The van der Waals surface area contributed by atoms with Crippen molar-refractivity contribution in [3.05, 3.63) is 66.0 Å². The number of aromatic nitrogens is 2. The lowest BCUT2D eigenvalue weighted by Crippen LogP contribution is -2.31. The minimum absolute atomic E-state index is 0.0982. The van der Waals surface area contributed by atoms with Crippen LogP contribution in [0.4, 0.5) is 0 Å². The molecule has 0 spiro atoms. The lowest BCUT2D eigenvalue weighted by Gasteiger charge is -2.20. The molecule has 3 aromatic rings. The highest BCUT2D eigenvalue weighted by Gasteiger charge is 2.20. The third-order valence-electron chi connectivity index (χ3n) is 4.66. The molecule has 1 aromatic heterocycles. The van der Waals surface area contributed by atoms with E-state index in [2.05, 4.69) is 10.3 Å². The first-order chi connectivity index (χ1) is 13.9. The monoisotopic (exact) mass is 393 g/mol. The molecule has 0 aliphatic carbocycles. The molecule has 0 saturated carbocycles. The van der Waals surface area contributed by atoms with Crippen molar-refractivity contribution >= 4 is 22.9 Å². The lowest BCUT2D eigenvalue weighted by molar-refractivity contribution is -0.148. The Morgan fingerprint density at radius 2 is 1.83 bits per heavy atom. The SMILES string of the molecule is Cc1ccc(C(CC(=O)OC(C)C)NC(=O)CCn2cnc3ccccc32)cc1. The molecular formula is C23H27N3O3. The Bertz CT molecular complexity index is 976. The van der Waals surface area contributed by atoms with Crippen molar-refractivity contribution in [2.24, 2.45) is 0 Å². The number of esters is 1. The molecule has 6 heteroatoms. The molecule has 0 radical (unpaired) electrons. The Labute approximate surface area is 170 Å². The van der Waals surface area contributed by atoms with Crippen molar-refractivity contribution < 1.29 is 14.3 Å². The normalized spacial score (nSPS) is 12.1. The van der Waals surface area contributed by atoms with Crippen LogP contribution in [-0.2, 0) is 20.9 Å². The summed E-state index contributed by atoms with van der Waals surface area (Å²) in [5, 5.41) is 2.99. The maximum atomic E-state index is 12.6. The standard InChI is InChI=1S/C23H27N3O3/c1-16(2)29-23(28)14-20(18-10-8-17(3)9-11-18)25-22(27)12-13-26-15-24-19-6-4-5-7-21(19)26/h4-11,15-16,20H,12-14H2,1-3H3,(H,25,27). The van der Waals surface area contributed by atoms with E-state index in [0.717, 1.165) is 22.2 Å². The summed E-state index contributed by atoms with van der Waals surface area (Å²) in [6.07, 6.45) is 1.95. The van der Waals surface area contributed by atoms with Gasteiger partial charge in [-0.2, -0.15) is 0 Å². The molecule has 1 amide bonds. The molecule has 1 atom stereocenters. The fraction of sp³-hybridized carbons (Fsp3) is 0.348. The van der Waals surface area contributed by atoms with Crippen molar-refractivity contribution in [3.63, 3.8) is 0 Å². The predicted molar refractivity (Wildman–Crippen MR) is 112 cm³/mol. The quantitative estimate of drug-likeness (QED) is 0.589. The summed E-state index contributed by atoms with van der Waals surface area (Å²) in [4.78, 5) is 29.2. The maximum Gasteiger partial charge on any atom is 0.308 e. The second kappa shape index (κ2) is 9.37. The van der Waals surface area contributed by atoms with E-state index in [1.165, 1.54) is 0 Å². The van der Waals surface area contributed by atoms with Gasteiger partial charge >= 0.3 is 5.97 Å². The van der Waals surface area contributed by atoms with Crippen LogP contribution in [0.2, 0.25) is 0 Å². The number of hydrogen-bond donors (Lipinski definition) is 1. The Balaban J connectivity index is 1.66. The fourth-order valence-corrected chi connectivity index (χ4v) is 3.21. The van der Waals surface area contributed by atoms with Crippen LogP contribution in [0.25, 0.3) is 11.0 Å². The third-order valence-corrected chi connectivity index (χ3v) is 4.66. The molecule has 1 N–H and O–H groups in total. The van der Waals surface area contributed by atoms with Gasteiger partial charge in [0.1, 0.15) is 0 Å². The van der Waals surface area contributed by atoms with Gasteiger partial charge in [-0.05, 0) is 38.5 Å². The number of para-hydroxylation sites is 2. The Kier molecular flexibility index (Phi) is 6.65. The van der Waals surface area contributed by atoms with Crippen LogP contribution >= 0.6 is 0 Å². The van der Waals surface area contributed by atoms with Gasteiger partial charge in [-0.1, -0.05) is 42.0 Å². The van der Waals surface area contributed by atoms with Crippen molar-refractivity contribution in [2.75, 3.05) is 0 Å². The van der Waals surface area contributed by atoms with Crippen LogP contribution in [0.1, 0.15) is 43.9 Å². The second-order valence-electron chi connectivity index (χ2n) is 7.45. The van der Waals surface area contributed by atoms with E-state index in [9.17, 15) is 9.59 Å². The van der Waals surface area contributed by atoms with Crippen LogP contribution in [0, 0.1) is 6.92 Å². The molecular weight excluding hydrogens is 366 g/mol. The number of fused-ring (bicyclic) bond motifs is 1. The zero-order valence-corrected chi connectivity index (χ0v) is 17.1. The number of hydrogen-bond acceptors (Lipinski definition) is 4. The average molecular weight is 393 g/mol. The van der Waals surface area contributed by atoms with E-state index >= 15 is 0 Å². The summed E-state index contributed by atoms with van der Waals surface area (Å²) < 4.78 is 7.23. The van der Waals surface area contributed by atoms with Gasteiger partial charge in [0.2, 0.25) is 5.91 Å². The largest absolute Gasteiger partial charge is 0.463 e. The summed E-state index contributed by atoms with van der Waals surface area (Å²) >= 11 is 0. The first-order valence-corrected chi connectivity index (χ1v) is 9.87. The van der Waals surface area contributed by atoms with E-state index in [1.807, 2.05) is 73.9 Å². The first-order valence-electron chi connectivity index (χ1n) is 9.87. The van der Waals surface area contributed by atoms with Crippen molar-refractivity contribution in [1.82, 2.24) is 14.9 Å². The van der Waals surface area contributed by atoms with Gasteiger partial charge in [0.25, 0.3) is 0 Å². The lowest BCUT2D eigenvalue weighted by atomic mass is 10.0.